The highest BCUT2D eigenvalue weighted by Gasteiger charge is 2.09. The van der Waals surface area contributed by atoms with E-state index in [0.29, 0.717) is 19.4 Å². The maximum Gasteiger partial charge on any atom is 0.220 e. The fourth-order valence-electron chi connectivity index (χ4n) is 2.41. The lowest BCUT2D eigenvalue weighted by atomic mass is 10.1. The Labute approximate surface area is 137 Å². The third kappa shape index (κ3) is 4.71. The van der Waals surface area contributed by atoms with Gasteiger partial charge in [-0.3, -0.25) is 4.79 Å². The first-order valence-electron chi connectivity index (χ1n) is 7.61. The van der Waals surface area contributed by atoms with Gasteiger partial charge in [-0.15, -0.1) is 0 Å². The van der Waals surface area contributed by atoms with Crippen LogP contribution in [0.25, 0.3) is 0 Å². The van der Waals surface area contributed by atoms with Gasteiger partial charge in [-0.25, -0.2) is 4.98 Å². The summed E-state index contributed by atoms with van der Waals surface area (Å²) in [5.74, 6) is 1.71. The molecule has 5 nitrogen and oxygen atoms in total. The van der Waals surface area contributed by atoms with E-state index in [-0.39, 0.29) is 5.91 Å². The molecule has 1 aromatic heterocycles. The molecular formula is C18H23N3O2. The number of pyridine rings is 1. The normalized spacial score (nSPS) is 10.2. The van der Waals surface area contributed by atoms with Gasteiger partial charge in [0.2, 0.25) is 5.91 Å². The van der Waals surface area contributed by atoms with Crippen LogP contribution in [0.15, 0.2) is 42.6 Å². The Balaban J connectivity index is 1.89. The van der Waals surface area contributed by atoms with Crippen molar-refractivity contribution in [2.24, 2.45) is 0 Å². The smallest absolute Gasteiger partial charge is 0.220 e. The van der Waals surface area contributed by atoms with Crippen LogP contribution >= 0.6 is 0 Å². The van der Waals surface area contributed by atoms with E-state index in [1.165, 1.54) is 0 Å². The highest BCUT2D eigenvalue weighted by atomic mass is 16.5. The maximum absolute atomic E-state index is 12.1. The summed E-state index contributed by atoms with van der Waals surface area (Å²) in [7, 11) is 5.52. The molecule has 1 N–H and O–H groups in total. The van der Waals surface area contributed by atoms with E-state index in [1.807, 2.05) is 55.4 Å². The van der Waals surface area contributed by atoms with Gasteiger partial charge in [0.05, 0.1) is 7.11 Å². The number of hydrogen-bond acceptors (Lipinski definition) is 4. The molecule has 0 unspecified atom stereocenters. The van der Waals surface area contributed by atoms with E-state index < -0.39 is 0 Å². The molecule has 0 radical (unpaired) electrons. The van der Waals surface area contributed by atoms with Gasteiger partial charge in [-0.2, -0.15) is 0 Å². The predicted octanol–water partition coefficient (Wildman–Crippen LogP) is 2.41. The summed E-state index contributed by atoms with van der Waals surface area (Å²) in [4.78, 5) is 18.4. The van der Waals surface area contributed by atoms with Gasteiger partial charge in [0.1, 0.15) is 11.6 Å². The third-order valence-electron chi connectivity index (χ3n) is 3.58. The standard InChI is InChI=1S/C18H23N3O2/c1-21(2)18-15(8-6-12-19-18)13-20-17(22)11-10-14-7-4-5-9-16(14)23-3/h4-9,12H,10-11,13H2,1-3H3,(H,20,22). The summed E-state index contributed by atoms with van der Waals surface area (Å²) in [6, 6.07) is 11.6. The number of aromatic nitrogens is 1. The molecule has 0 fully saturated rings. The molecule has 2 rings (SSSR count). The third-order valence-corrected chi connectivity index (χ3v) is 3.58. The average Bonchev–Trinajstić information content (AvgIpc) is 2.58. The largest absolute Gasteiger partial charge is 0.496 e. The molecule has 0 bridgehead atoms. The molecular weight excluding hydrogens is 290 g/mol. The first-order valence-corrected chi connectivity index (χ1v) is 7.61. The number of ether oxygens (including phenoxy) is 1. The van der Waals surface area contributed by atoms with Gasteiger partial charge in [0, 0.05) is 38.8 Å². The van der Waals surface area contributed by atoms with E-state index >= 15 is 0 Å². The van der Waals surface area contributed by atoms with Crippen LogP contribution in [0.1, 0.15) is 17.5 Å². The molecule has 2 aromatic rings. The van der Waals surface area contributed by atoms with Crippen molar-refractivity contribution >= 4 is 11.7 Å². The van der Waals surface area contributed by atoms with Crippen molar-refractivity contribution in [1.82, 2.24) is 10.3 Å². The number of nitrogens with zero attached hydrogens (tertiary/aromatic N) is 2. The molecule has 0 saturated heterocycles. The Morgan fingerprint density at radius 2 is 1.91 bits per heavy atom. The lowest BCUT2D eigenvalue weighted by molar-refractivity contribution is -0.121. The molecule has 23 heavy (non-hydrogen) atoms. The van der Waals surface area contributed by atoms with Crippen LogP contribution in [0.5, 0.6) is 5.75 Å². The summed E-state index contributed by atoms with van der Waals surface area (Å²) in [6.45, 7) is 0.478. The SMILES string of the molecule is COc1ccccc1CCC(=O)NCc1cccnc1N(C)C. The number of rotatable bonds is 7. The minimum atomic E-state index is 0.0180. The molecule has 0 aliphatic rings. The zero-order valence-electron chi connectivity index (χ0n) is 13.9. The average molecular weight is 313 g/mol. The van der Waals surface area contributed by atoms with Crippen molar-refractivity contribution in [2.45, 2.75) is 19.4 Å². The second-order valence-electron chi connectivity index (χ2n) is 5.47. The van der Waals surface area contributed by atoms with Crippen LogP contribution in [0.3, 0.4) is 0 Å². The van der Waals surface area contributed by atoms with Crippen LogP contribution in [0.2, 0.25) is 0 Å². The highest BCUT2D eigenvalue weighted by molar-refractivity contribution is 5.76. The maximum atomic E-state index is 12.1. The topological polar surface area (TPSA) is 54.5 Å². The fraction of sp³-hybridized carbons (Fsp3) is 0.333. The minimum Gasteiger partial charge on any atom is -0.496 e. The van der Waals surface area contributed by atoms with Gasteiger partial charge >= 0.3 is 0 Å². The summed E-state index contributed by atoms with van der Waals surface area (Å²) in [5.41, 5.74) is 2.05. The number of amides is 1. The Hall–Kier alpha value is -2.56. The molecule has 0 spiro atoms. The fourth-order valence-corrected chi connectivity index (χ4v) is 2.41. The van der Waals surface area contributed by atoms with Gasteiger partial charge in [0.25, 0.3) is 0 Å². The van der Waals surface area contributed by atoms with Crippen molar-refractivity contribution < 1.29 is 9.53 Å². The molecule has 0 aliphatic carbocycles. The number of carbonyl (C=O) groups excluding carboxylic acids is 1. The Morgan fingerprint density at radius 1 is 1.17 bits per heavy atom. The van der Waals surface area contributed by atoms with Gasteiger partial charge in [0.15, 0.2) is 0 Å². The zero-order valence-corrected chi connectivity index (χ0v) is 13.9. The number of aryl methyl sites for hydroxylation is 1. The first-order chi connectivity index (χ1) is 11.1. The summed E-state index contributed by atoms with van der Waals surface area (Å²) < 4.78 is 5.30. The van der Waals surface area contributed by atoms with Crippen molar-refractivity contribution in [2.75, 3.05) is 26.1 Å². The number of nitrogens with one attached hydrogen (secondary N) is 1. The second kappa shape index (κ2) is 8.17. The molecule has 0 atom stereocenters. The quantitative estimate of drug-likeness (QED) is 0.853. The van der Waals surface area contributed by atoms with Crippen LogP contribution in [-0.4, -0.2) is 32.1 Å². The highest BCUT2D eigenvalue weighted by Crippen LogP contribution is 2.19. The molecule has 1 aromatic carbocycles. The molecule has 1 heterocycles. The summed E-state index contributed by atoms with van der Waals surface area (Å²) in [5, 5.41) is 2.96. The number of carbonyl (C=O) groups is 1. The lowest BCUT2D eigenvalue weighted by Gasteiger charge is -2.16. The van der Waals surface area contributed by atoms with Gasteiger partial charge in [-0.1, -0.05) is 24.3 Å². The van der Waals surface area contributed by atoms with E-state index in [9.17, 15) is 4.79 Å². The van der Waals surface area contributed by atoms with Crippen LogP contribution in [-0.2, 0) is 17.8 Å². The number of hydrogen-bond donors (Lipinski definition) is 1. The van der Waals surface area contributed by atoms with E-state index in [0.717, 1.165) is 22.7 Å². The predicted molar refractivity (Wildman–Crippen MR) is 91.7 cm³/mol. The number of anilines is 1. The zero-order chi connectivity index (χ0) is 16.7. The second-order valence-corrected chi connectivity index (χ2v) is 5.47. The Bertz CT molecular complexity index is 656. The summed E-state index contributed by atoms with van der Waals surface area (Å²) >= 11 is 0. The van der Waals surface area contributed by atoms with E-state index in [4.69, 9.17) is 4.74 Å². The molecule has 0 aliphatic heterocycles. The van der Waals surface area contributed by atoms with Gasteiger partial charge in [-0.05, 0) is 24.1 Å². The lowest BCUT2D eigenvalue weighted by Crippen LogP contribution is -2.24. The van der Waals surface area contributed by atoms with Crippen molar-refractivity contribution in [3.63, 3.8) is 0 Å². The molecule has 122 valence electrons. The van der Waals surface area contributed by atoms with E-state index in [2.05, 4.69) is 10.3 Å². The molecule has 0 saturated carbocycles. The van der Waals surface area contributed by atoms with Crippen LogP contribution in [0.4, 0.5) is 5.82 Å². The Kier molecular flexibility index (Phi) is 5.97. The van der Waals surface area contributed by atoms with Crippen LogP contribution in [0, 0.1) is 0 Å². The van der Waals surface area contributed by atoms with Crippen molar-refractivity contribution in [3.05, 3.63) is 53.7 Å². The number of para-hydroxylation sites is 1. The number of methoxy groups -OCH3 is 1. The molecule has 1 amide bonds. The summed E-state index contributed by atoms with van der Waals surface area (Å²) in [6.07, 6.45) is 2.84. The van der Waals surface area contributed by atoms with Crippen LogP contribution < -0.4 is 15.0 Å². The van der Waals surface area contributed by atoms with Crippen molar-refractivity contribution in [1.29, 1.82) is 0 Å². The van der Waals surface area contributed by atoms with Gasteiger partial charge < -0.3 is 15.0 Å². The first kappa shape index (κ1) is 16.8. The monoisotopic (exact) mass is 313 g/mol. The molecule has 5 heteroatoms. The minimum absolute atomic E-state index is 0.0180. The number of benzene rings is 1. The Morgan fingerprint density at radius 3 is 2.65 bits per heavy atom. The van der Waals surface area contributed by atoms with E-state index in [1.54, 1.807) is 13.3 Å². The van der Waals surface area contributed by atoms with Crippen molar-refractivity contribution in [3.8, 4) is 5.75 Å².